The minimum Gasteiger partial charge on any atom is -0.439 e. The van der Waals surface area contributed by atoms with Gasteiger partial charge in [0.15, 0.2) is 11.6 Å². The Kier molecular flexibility index (Phi) is 7.31. The van der Waals surface area contributed by atoms with E-state index in [4.69, 9.17) is 15.2 Å². The molecule has 0 amide bonds. The lowest BCUT2D eigenvalue weighted by Crippen LogP contribution is -2.36. The highest BCUT2D eigenvalue weighted by Crippen LogP contribution is 2.27. The molecule has 0 saturated carbocycles. The number of anilines is 1. The van der Waals surface area contributed by atoms with E-state index in [2.05, 4.69) is 20.0 Å². The van der Waals surface area contributed by atoms with E-state index < -0.39 is 6.67 Å². The Balaban J connectivity index is 1.82. The fraction of sp³-hybridized carbons (Fsp3) is 0.450. The maximum Gasteiger partial charge on any atom is 0.219 e. The molecule has 0 bridgehead atoms. The van der Waals surface area contributed by atoms with E-state index in [9.17, 15) is 4.39 Å². The van der Waals surface area contributed by atoms with Crippen LogP contribution < -0.4 is 15.4 Å². The molecule has 0 unspecified atom stereocenters. The van der Waals surface area contributed by atoms with Crippen molar-refractivity contribution in [3.05, 3.63) is 47.8 Å². The Labute approximate surface area is 169 Å². The average molecular weight is 402 g/mol. The van der Waals surface area contributed by atoms with Crippen LogP contribution >= 0.6 is 0 Å². The molecule has 0 aliphatic carbocycles. The fourth-order valence-corrected chi connectivity index (χ4v) is 3.04. The minimum atomic E-state index is -0.675. The number of hydrogen-bond donors (Lipinski definition) is 1. The molecule has 29 heavy (non-hydrogen) atoms. The van der Waals surface area contributed by atoms with Crippen molar-refractivity contribution in [1.82, 2.24) is 19.7 Å². The Bertz CT molecular complexity index is 856. The van der Waals surface area contributed by atoms with Crippen molar-refractivity contribution in [2.75, 3.05) is 44.4 Å². The highest BCUT2D eigenvalue weighted by Gasteiger charge is 2.19. The summed E-state index contributed by atoms with van der Waals surface area (Å²) in [5, 5.41) is 4.52. The molecule has 1 saturated heterocycles. The van der Waals surface area contributed by atoms with E-state index in [1.54, 1.807) is 30.2 Å². The third-order valence-electron chi connectivity index (χ3n) is 4.57. The van der Waals surface area contributed by atoms with Gasteiger partial charge in [-0.3, -0.25) is 0 Å². The van der Waals surface area contributed by atoms with Gasteiger partial charge in [0, 0.05) is 38.6 Å². The predicted molar refractivity (Wildman–Crippen MR) is 109 cm³/mol. The summed E-state index contributed by atoms with van der Waals surface area (Å²) in [6.45, 7) is 4.57. The van der Waals surface area contributed by atoms with E-state index in [1.807, 2.05) is 13.0 Å². The van der Waals surface area contributed by atoms with Crippen molar-refractivity contribution >= 4 is 11.4 Å². The Hall–Kier alpha value is -2.78. The van der Waals surface area contributed by atoms with Crippen LogP contribution in [0, 0.1) is 0 Å². The van der Waals surface area contributed by atoms with E-state index >= 15 is 0 Å². The van der Waals surface area contributed by atoms with Gasteiger partial charge in [0.25, 0.3) is 0 Å². The molecule has 8 nitrogen and oxygen atoms in total. The Morgan fingerprint density at radius 1 is 1.31 bits per heavy atom. The number of morpholine rings is 1. The topological polar surface area (TPSA) is 91.3 Å². The van der Waals surface area contributed by atoms with Gasteiger partial charge in [-0.2, -0.15) is 5.10 Å². The van der Waals surface area contributed by atoms with Crippen LogP contribution in [-0.4, -0.2) is 59.3 Å². The van der Waals surface area contributed by atoms with Crippen molar-refractivity contribution in [3.63, 3.8) is 0 Å². The molecule has 0 radical (unpaired) electrons. The van der Waals surface area contributed by atoms with Gasteiger partial charge in [-0.15, -0.1) is 0 Å². The summed E-state index contributed by atoms with van der Waals surface area (Å²) < 4.78 is 26.3. The van der Waals surface area contributed by atoms with Crippen molar-refractivity contribution in [3.8, 4) is 5.88 Å². The molecule has 0 spiro atoms. The second-order valence-electron chi connectivity index (χ2n) is 6.54. The number of hydrogen-bond acceptors (Lipinski definition) is 7. The second kappa shape index (κ2) is 10.1. The van der Waals surface area contributed by atoms with Crippen molar-refractivity contribution < 1.29 is 13.9 Å². The highest BCUT2D eigenvalue weighted by atomic mass is 19.1. The van der Waals surface area contributed by atoms with E-state index in [-0.39, 0.29) is 0 Å². The summed E-state index contributed by atoms with van der Waals surface area (Å²) in [6, 6.07) is 1.84. The number of aromatic nitrogens is 4. The maximum atomic E-state index is 13.2. The van der Waals surface area contributed by atoms with Gasteiger partial charge in [-0.1, -0.05) is 6.08 Å². The van der Waals surface area contributed by atoms with Crippen LogP contribution in [0.15, 0.2) is 36.4 Å². The van der Waals surface area contributed by atoms with Gasteiger partial charge in [0.1, 0.15) is 12.4 Å². The summed E-state index contributed by atoms with van der Waals surface area (Å²) in [7, 11) is 1.79. The first kappa shape index (κ1) is 20.9. The van der Waals surface area contributed by atoms with Gasteiger partial charge >= 0.3 is 0 Å². The number of nitrogens with two attached hydrogens (primary N) is 1. The van der Waals surface area contributed by atoms with E-state index in [0.717, 1.165) is 24.5 Å². The molecular formula is C20H27FN6O2. The molecule has 3 rings (SSSR count). The quantitative estimate of drug-likeness (QED) is 0.532. The molecule has 3 heterocycles. The van der Waals surface area contributed by atoms with Crippen LogP contribution in [-0.2, 0) is 18.2 Å². The lowest BCUT2D eigenvalue weighted by atomic mass is 10.1. The highest BCUT2D eigenvalue weighted by molar-refractivity contribution is 5.73. The lowest BCUT2D eigenvalue weighted by Gasteiger charge is -2.26. The Morgan fingerprint density at radius 3 is 2.66 bits per heavy atom. The SMILES string of the molecule is C/C=C(\C(=C/CF)Oc1cc(N2CCOCC2)nn1C)c1ncc(CCN)cn1. The predicted octanol–water partition coefficient (Wildman–Crippen LogP) is 1.88. The number of nitrogens with zero attached hydrogens (tertiary/aromatic N) is 5. The van der Waals surface area contributed by atoms with E-state index in [1.165, 1.54) is 6.08 Å². The first-order chi connectivity index (χ1) is 14.2. The third kappa shape index (κ3) is 5.18. The normalized spacial score (nSPS) is 15.7. The smallest absolute Gasteiger partial charge is 0.219 e. The molecule has 0 atom stereocenters. The van der Waals surface area contributed by atoms with Crippen LogP contribution in [0.3, 0.4) is 0 Å². The molecule has 1 fully saturated rings. The van der Waals surface area contributed by atoms with Crippen LogP contribution in [0.5, 0.6) is 5.88 Å². The molecule has 1 aliphatic heterocycles. The van der Waals surface area contributed by atoms with Crippen molar-refractivity contribution in [2.24, 2.45) is 12.8 Å². The zero-order valence-electron chi connectivity index (χ0n) is 16.8. The number of alkyl halides is 1. The standard InChI is InChI=1S/C20H27FN6O2/c1-3-16(20-23-13-15(5-7-22)14-24-20)17(4-6-21)29-19-12-18(25-26(19)2)27-8-10-28-11-9-27/h3-4,12-14H,5-11,22H2,1-2H3/b16-3+,17-4+. The zero-order valence-corrected chi connectivity index (χ0v) is 16.8. The number of aryl methyl sites for hydroxylation is 1. The average Bonchev–Trinajstić information content (AvgIpc) is 3.11. The third-order valence-corrected chi connectivity index (χ3v) is 4.57. The first-order valence-electron chi connectivity index (χ1n) is 9.65. The number of rotatable bonds is 8. The molecule has 0 aromatic carbocycles. The van der Waals surface area contributed by atoms with Gasteiger partial charge < -0.3 is 20.1 Å². The number of allylic oxidation sites excluding steroid dienone is 3. The monoisotopic (exact) mass is 402 g/mol. The summed E-state index contributed by atoms with van der Waals surface area (Å²) in [5.74, 6) is 2.11. The molecule has 2 N–H and O–H groups in total. The zero-order chi connectivity index (χ0) is 20.6. The minimum absolute atomic E-state index is 0.345. The summed E-state index contributed by atoms with van der Waals surface area (Å²) in [6.07, 6.45) is 7.33. The molecule has 9 heteroatoms. The van der Waals surface area contributed by atoms with Gasteiger partial charge in [-0.05, 0) is 31.5 Å². The number of ether oxygens (including phenoxy) is 2. The largest absolute Gasteiger partial charge is 0.439 e. The fourth-order valence-electron chi connectivity index (χ4n) is 3.04. The van der Waals surface area contributed by atoms with Gasteiger partial charge in [-0.25, -0.2) is 19.0 Å². The molecule has 2 aromatic heterocycles. The van der Waals surface area contributed by atoms with Gasteiger partial charge in [0.2, 0.25) is 5.88 Å². The second-order valence-corrected chi connectivity index (χ2v) is 6.54. The summed E-state index contributed by atoms with van der Waals surface area (Å²) in [4.78, 5) is 10.9. The van der Waals surface area contributed by atoms with Gasteiger partial charge in [0.05, 0.1) is 18.8 Å². The van der Waals surface area contributed by atoms with Crippen molar-refractivity contribution in [2.45, 2.75) is 13.3 Å². The molecule has 1 aliphatic rings. The van der Waals surface area contributed by atoms with Crippen LogP contribution in [0.25, 0.3) is 5.57 Å². The molecule has 156 valence electrons. The maximum absolute atomic E-state index is 13.2. The van der Waals surface area contributed by atoms with Crippen LogP contribution in [0.2, 0.25) is 0 Å². The molecule has 2 aromatic rings. The van der Waals surface area contributed by atoms with Crippen LogP contribution in [0.1, 0.15) is 18.3 Å². The summed E-state index contributed by atoms with van der Waals surface area (Å²) >= 11 is 0. The lowest BCUT2D eigenvalue weighted by molar-refractivity contribution is 0.122. The number of halogens is 1. The van der Waals surface area contributed by atoms with Crippen LogP contribution in [0.4, 0.5) is 10.2 Å². The Morgan fingerprint density at radius 2 is 2.03 bits per heavy atom. The summed E-state index contributed by atoms with van der Waals surface area (Å²) in [5.41, 5.74) is 7.13. The molecular weight excluding hydrogens is 375 g/mol. The first-order valence-corrected chi connectivity index (χ1v) is 9.65. The van der Waals surface area contributed by atoms with E-state index in [0.29, 0.717) is 49.2 Å². The van der Waals surface area contributed by atoms with Crippen molar-refractivity contribution in [1.29, 1.82) is 0 Å².